The fourth-order valence-electron chi connectivity index (χ4n) is 2.26. The molecule has 3 unspecified atom stereocenters. The van der Waals surface area contributed by atoms with Crippen molar-refractivity contribution in [2.24, 2.45) is 5.73 Å². The first-order chi connectivity index (χ1) is 8.97. The lowest BCUT2D eigenvalue weighted by Crippen LogP contribution is -2.40. The summed E-state index contributed by atoms with van der Waals surface area (Å²) < 4.78 is 14.0. The van der Waals surface area contributed by atoms with Crippen LogP contribution in [0.3, 0.4) is 0 Å². The van der Waals surface area contributed by atoms with Crippen LogP contribution in [0.5, 0.6) is 0 Å². The summed E-state index contributed by atoms with van der Waals surface area (Å²) in [7, 11) is 1.93. The Bertz CT molecular complexity index is 384. The summed E-state index contributed by atoms with van der Waals surface area (Å²) in [5.74, 6) is -0.222. The van der Waals surface area contributed by atoms with Crippen molar-refractivity contribution in [2.75, 3.05) is 13.6 Å². The molecule has 1 rings (SSSR count). The Morgan fingerprint density at radius 2 is 2.00 bits per heavy atom. The molecule has 4 heteroatoms. The normalized spacial score (nSPS) is 16.4. The molecule has 0 fully saturated rings. The molecule has 0 heterocycles. The smallest absolute Gasteiger partial charge is 0.128 e. The predicted octanol–water partition coefficient (Wildman–Crippen LogP) is 2.31. The number of likely N-dealkylation sites (N-methyl/N-ethyl adjacent to an activating group) is 1. The highest BCUT2D eigenvalue weighted by Gasteiger charge is 2.25. The SMILES string of the molecule is CCC(N)C(c1ccccc1F)N(C)CCC(C)O. The molecule has 0 radical (unpaired) electrons. The van der Waals surface area contributed by atoms with Gasteiger partial charge in [0, 0.05) is 18.2 Å². The molecule has 3 atom stereocenters. The van der Waals surface area contributed by atoms with Crippen LogP contribution in [0.4, 0.5) is 4.39 Å². The van der Waals surface area contributed by atoms with Crippen LogP contribution in [0.15, 0.2) is 24.3 Å². The Kier molecular flexibility index (Phi) is 6.42. The monoisotopic (exact) mass is 268 g/mol. The van der Waals surface area contributed by atoms with Gasteiger partial charge in [-0.15, -0.1) is 0 Å². The van der Waals surface area contributed by atoms with Crippen LogP contribution in [0.25, 0.3) is 0 Å². The molecule has 0 saturated heterocycles. The third-order valence-corrected chi connectivity index (χ3v) is 3.48. The Morgan fingerprint density at radius 3 is 2.53 bits per heavy atom. The third kappa shape index (κ3) is 4.56. The Labute approximate surface area is 115 Å². The molecule has 0 aliphatic heterocycles. The molecule has 0 aliphatic rings. The first kappa shape index (κ1) is 16.1. The van der Waals surface area contributed by atoms with Crippen molar-refractivity contribution >= 4 is 0 Å². The van der Waals surface area contributed by atoms with Crippen molar-refractivity contribution in [3.05, 3.63) is 35.6 Å². The van der Waals surface area contributed by atoms with Gasteiger partial charge in [-0.3, -0.25) is 4.90 Å². The van der Waals surface area contributed by atoms with Crippen LogP contribution in [-0.4, -0.2) is 35.7 Å². The zero-order valence-corrected chi connectivity index (χ0v) is 12.0. The zero-order valence-electron chi connectivity index (χ0n) is 12.0. The van der Waals surface area contributed by atoms with Crippen molar-refractivity contribution in [3.63, 3.8) is 0 Å². The van der Waals surface area contributed by atoms with Gasteiger partial charge in [0.15, 0.2) is 0 Å². The summed E-state index contributed by atoms with van der Waals surface area (Å²) in [5, 5.41) is 9.37. The topological polar surface area (TPSA) is 49.5 Å². The van der Waals surface area contributed by atoms with Gasteiger partial charge in [0.25, 0.3) is 0 Å². The quantitative estimate of drug-likeness (QED) is 0.798. The van der Waals surface area contributed by atoms with E-state index in [4.69, 9.17) is 5.73 Å². The first-order valence-corrected chi connectivity index (χ1v) is 6.85. The number of benzene rings is 1. The van der Waals surface area contributed by atoms with Crippen LogP contribution >= 0.6 is 0 Å². The first-order valence-electron chi connectivity index (χ1n) is 6.85. The second-order valence-corrected chi connectivity index (χ2v) is 5.16. The minimum atomic E-state index is -0.360. The van der Waals surface area contributed by atoms with Crippen LogP contribution in [0.2, 0.25) is 0 Å². The lowest BCUT2D eigenvalue weighted by molar-refractivity contribution is 0.139. The van der Waals surface area contributed by atoms with Gasteiger partial charge < -0.3 is 10.8 Å². The van der Waals surface area contributed by atoms with E-state index in [-0.39, 0.29) is 24.0 Å². The standard InChI is InChI=1S/C15H25FN2O/c1-4-14(17)15(18(3)10-9-11(2)19)12-7-5-6-8-13(12)16/h5-8,11,14-15,19H,4,9-10,17H2,1-3H3. The van der Waals surface area contributed by atoms with E-state index in [0.717, 1.165) is 6.42 Å². The molecule has 0 saturated carbocycles. The van der Waals surface area contributed by atoms with E-state index < -0.39 is 0 Å². The Hall–Kier alpha value is -0.970. The largest absolute Gasteiger partial charge is 0.393 e. The highest BCUT2D eigenvalue weighted by molar-refractivity contribution is 5.22. The van der Waals surface area contributed by atoms with Crippen molar-refractivity contribution in [1.82, 2.24) is 4.90 Å². The van der Waals surface area contributed by atoms with Gasteiger partial charge in [0.05, 0.1) is 12.1 Å². The molecule has 0 spiro atoms. The van der Waals surface area contributed by atoms with E-state index >= 15 is 0 Å². The fourth-order valence-corrected chi connectivity index (χ4v) is 2.26. The fraction of sp³-hybridized carbons (Fsp3) is 0.600. The number of aliphatic hydroxyl groups excluding tert-OH is 1. The number of hydrogen-bond acceptors (Lipinski definition) is 3. The van der Waals surface area contributed by atoms with E-state index in [1.807, 2.05) is 24.9 Å². The highest BCUT2D eigenvalue weighted by atomic mass is 19.1. The Morgan fingerprint density at radius 1 is 1.37 bits per heavy atom. The molecule has 1 aromatic rings. The second kappa shape index (κ2) is 7.58. The minimum absolute atomic E-state index is 0.129. The molecule has 19 heavy (non-hydrogen) atoms. The van der Waals surface area contributed by atoms with Gasteiger partial charge in [-0.25, -0.2) is 4.39 Å². The molecule has 1 aromatic carbocycles. The number of rotatable bonds is 7. The molecule has 0 bridgehead atoms. The lowest BCUT2D eigenvalue weighted by Gasteiger charge is -2.33. The number of halogens is 1. The number of aliphatic hydroxyl groups is 1. The van der Waals surface area contributed by atoms with Crippen molar-refractivity contribution in [1.29, 1.82) is 0 Å². The average molecular weight is 268 g/mol. The van der Waals surface area contributed by atoms with Gasteiger partial charge in [-0.1, -0.05) is 25.1 Å². The van der Waals surface area contributed by atoms with E-state index in [2.05, 4.69) is 0 Å². The van der Waals surface area contributed by atoms with Crippen LogP contribution in [-0.2, 0) is 0 Å². The van der Waals surface area contributed by atoms with Crippen molar-refractivity contribution < 1.29 is 9.50 Å². The molecule has 0 amide bonds. The van der Waals surface area contributed by atoms with E-state index in [0.29, 0.717) is 18.5 Å². The van der Waals surface area contributed by atoms with Crippen molar-refractivity contribution in [3.8, 4) is 0 Å². The van der Waals surface area contributed by atoms with Gasteiger partial charge in [0.2, 0.25) is 0 Å². The number of nitrogens with two attached hydrogens (primary N) is 1. The molecule has 108 valence electrons. The summed E-state index contributed by atoms with van der Waals surface area (Å²) in [6, 6.07) is 6.47. The lowest BCUT2D eigenvalue weighted by atomic mass is 9.96. The molecular formula is C15H25FN2O. The summed E-state index contributed by atoms with van der Waals surface area (Å²) in [6.45, 7) is 4.44. The maximum Gasteiger partial charge on any atom is 0.128 e. The number of nitrogens with zero attached hydrogens (tertiary/aromatic N) is 1. The summed E-state index contributed by atoms with van der Waals surface area (Å²) in [5.41, 5.74) is 6.78. The summed E-state index contributed by atoms with van der Waals surface area (Å²) in [4.78, 5) is 2.03. The van der Waals surface area contributed by atoms with E-state index in [9.17, 15) is 9.50 Å². The van der Waals surface area contributed by atoms with Crippen LogP contribution in [0, 0.1) is 5.82 Å². The van der Waals surface area contributed by atoms with Gasteiger partial charge in [0.1, 0.15) is 5.82 Å². The van der Waals surface area contributed by atoms with Crippen LogP contribution < -0.4 is 5.73 Å². The van der Waals surface area contributed by atoms with Crippen molar-refractivity contribution in [2.45, 2.75) is 44.9 Å². The number of hydrogen-bond donors (Lipinski definition) is 2. The average Bonchev–Trinajstić information content (AvgIpc) is 2.38. The molecule has 3 nitrogen and oxygen atoms in total. The molecule has 0 aliphatic carbocycles. The van der Waals surface area contributed by atoms with Gasteiger partial charge >= 0.3 is 0 Å². The molecule has 3 N–H and O–H groups in total. The van der Waals surface area contributed by atoms with E-state index in [1.54, 1.807) is 19.1 Å². The summed E-state index contributed by atoms with van der Waals surface area (Å²) >= 11 is 0. The van der Waals surface area contributed by atoms with Crippen LogP contribution in [0.1, 0.15) is 38.3 Å². The zero-order chi connectivity index (χ0) is 14.4. The minimum Gasteiger partial charge on any atom is -0.393 e. The third-order valence-electron chi connectivity index (χ3n) is 3.48. The summed E-state index contributed by atoms with van der Waals surface area (Å²) in [6.07, 6.45) is 1.07. The second-order valence-electron chi connectivity index (χ2n) is 5.16. The molecule has 0 aromatic heterocycles. The van der Waals surface area contributed by atoms with Gasteiger partial charge in [-0.05, 0) is 32.9 Å². The maximum absolute atomic E-state index is 14.0. The van der Waals surface area contributed by atoms with Gasteiger partial charge in [-0.2, -0.15) is 0 Å². The predicted molar refractivity (Wildman–Crippen MR) is 76.3 cm³/mol. The Balaban J connectivity index is 2.92. The van der Waals surface area contributed by atoms with E-state index in [1.165, 1.54) is 6.07 Å². The highest BCUT2D eigenvalue weighted by Crippen LogP contribution is 2.26. The maximum atomic E-state index is 14.0. The molecular weight excluding hydrogens is 243 g/mol.